The topological polar surface area (TPSA) is 69.1 Å². The first-order valence-electron chi connectivity index (χ1n) is 5.93. The third kappa shape index (κ3) is 2.00. The van der Waals surface area contributed by atoms with Gasteiger partial charge in [-0.1, -0.05) is 30.3 Å². The van der Waals surface area contributed by atoms with Gasteiger partial charge in [0.25, 0.3) is 5.91 Å². The van der Waals surface area contributed by atoms with Gasteiger partial charge < -0.3 is 0 Å². The maximum absolute atomic E-state index is 12.1. The van der Waals surface area contributed by atoms with Crippen LogP contribution in [0.1, 0.15) is 21.6 Å². The molecule has 3 rings (SSSR count). The fraction of sp³-hybridized carbons (Fsp3) is 0.0714. The van der Waals surface area contributed by atoms with Crippen molar-refractivity contribution in [1.29, 1.82) is 5.41 Å². The number of nitrogens with zero attached hydrogens (tertiary/aromatic N) is 2. The molecular weight excluding hydrogens is 240 g/mol. The number of carbonyl (C=O) groups is 1. The number of hydrazine groups is 1. The summed E-state index contributed by atoms with van der Waals surface area (Å²) >= 11 is 0. The van der Waals surface area contributed by atoms with Crippen LogP contribution in [0.25, 0.3) is 0 Å². The smallest absolute Gasteiger partial charge is 0.276 e. The van der Waals surface area contributed by atoms with E-state index in [-0.39, 0.29) is 11.7 Å². The summed E-state index contributed by atoms with van der Waals surface area (Å²) < 4.78 is 0. The van der Waals surface area contributed by atoms with E-state index in [4.69, 9.17) is 5.41 Å². The lowest BCUT2D eigenvalue weighted by Crippen LogP contribution is -2.42. The molecule has 1 aromatic carbocycles. The second-order valence-corrected chi connectivity index (χ2v) is 4.21. The molecule has 5 heteroatoms. The number of hydrogen-bond donors (Lipinski definition) is 2. The SMILES string of the molecule is N=C1c2ncccc2C(=O)N1NCc1ccccc1. The largest absolute Gasteiger partial charge is 0.281 e. The van der Waals surface area contributed by atoms with Gasteiger partial charge in [-0.15, -0.1) is 0 Å². The van der Waals surface area contributed by atoms with Crippen LogP contribution in [0.5, 0.6) is 0 Å². The van der Waals surface area contributed by atoms with Crippen molar-refractivity contribution in [2.24, 2.45) is 0 Å². The molecule has 0 saturated carbocycles. The number of pyridine rings is 1. The standard InChI is InChI=1S/C14H12N4O/c15-13-12-11(7-4-8-16-12)14(19)18(13)17-9-10-5-2-1-3-6-10/h1-8,15,17H,9H2. The number of amides is 1. The zero-order valence-electron chi connectivity index (χ0n) is 10.1. The molecule has 94 valence electrons. The zero-order valence-corrected chi connectivity index (χ0v) is 10.1. The Kier molecular flexibility index (Phi) is 2.81. The molecule has 0 spiro atoms. The van der Waals surface area contributed by atoms with Crippen molar-refractivity contribution in [3.63, 3.8) is 0 Å². The quantitative estimate of drug-likeness (QED) is 0.871. The summed E-state index contributed by atoms with van der Waals surface area (Å²) in [6.45, 7) is 0.489. The molecule has 1 aliphatic rings. The van der Waals surface area contributed by atoms with E-state index in [2.05, 4.69) is 10.4 Å². The van der Waals surface area contributed by atoms with E-state index < -0.39 is 0 Å². The van der Waals surface area contributed by atoms with Crippen molar-refractivity contribution in [2.45, 2.75) is 6.54 Å². The molecule has 0 atom stereocenters. The first-order chi connectivity index (χ1) is 9.27. The van der Waals surface area contributed by atoms with Crippen molar-refractivity contribution in [2.75, 3.05) is 0 Å². The van der Waals surface area contributed by atoms with Crippen LogP contribution in [0, 0.1) is 5.41 Å². The predicted molar refractivity (Wildman–Crippen MR) is 70.5 cm³/mol. The highest BCUT2D eigenvalue weighted by atomic mass is 16.2. The Morgan fingerprint density at radius 1 is 1.16 bits per heavy atom. The third-order valence-corrected chi connectivity index (χ3v) is 2.97. The first-order valence-corrected chi connectivity index (χ1v) is 5.93. The van der Waals surface area contributed by atoms with Crippen molar-refractivity contribution < 1.29 is 4.79 Å². The average molecular weight is 252 g/mol. The molecule has 2 heterocycles. The first kappa shape index (κ1) is 11.6. The Hall–Kier alpha value is -2.53. The molecule has 0 radical (unpaired) electrons. The monoisotopic (exact) mass is 252 g/mol. The van der Waals surface area contributed by atoms with Gasteiger partial charge in [0.1, 0.15) is 5.69 Å². The average Bonchev–Trinajstić information content (AvgIpc) is 2.71. The Bertz CT molecular complexity index is 604. The van der Waals surface area contributed by atoms with Crippen LogP contribution in [0.3, 0.4) is 0 Å². The number of nitrogens with one attached hydrogen (secondary N) is 2. The molecule has 1 aromatic heterocycles. The number of fused-ring (bicyclic) bond motifs is 1. The molecule has 19 heavy (non-hydrogen) atoms. The van der Waals surface area contributed by atoms with Crippen molar-refractivity contribution >= 4 is 11.7 Å². The fourth-order valence-corrected chi connectivity index (χ4v) is 2.01. The molecular formula is C14H12N4O. The molecule has 0 fully saturated rings. The molecule has 0 aliphatic carbocycles. The molecule has 1 aliphatic heterocycles. The summed E-state index contributed by atoms with van der Waals surface area (Å²) in [5, 5.41) is 9.20. The number of aromatic nitrogens is 1. The molecule has 5 nitrogen and oxygen atoms in total. The van der Waals surface area contributed by atoms with Crippen LogP contribution in [-0.4, -0.2) is 21.7 Å². The third-order valence-electron chi connectivity index (χ3n) is 2.97. The van der Waals surface area contributed by atoms with E-state index >= 15 is 0 Å². The number of benzene rings is 1. The van der Waals surface area contributed by atoms with Gasteiger partial charge in [0.05, 0.1) is 5.56 Å². The van der Waals surface area contributed by atoms with E-state index in [0.29, 0.717) is 17.8 Å². The maximum atomic E-state index is 12.1. The van der Waals surface area contributed by atoms with E-state index in [1.54, 1.807) is 18.3 Å². The Balaban J connectivity index is 1.78. The van der Waals surface area contributed by atoms with Crippen LogP contribution in [0.4, 0.5) is 0 Å². The van der Waals surface area contributed by atoms with E-state index in [9.17, 15) is 4.79 Å². The highest BCUT2D eigenvalue weighted by Gasteiger charge is 2.33. The van der Waals surface area contributed by atoms with Crippen molar-refractivity contribution in [1.82, 2.24) is 15.4 Å². The lowest BCUT2D eigenvalue weighted by Gasteiger charge is -2.16. The summed E-state index contributed by atoms with van der Waals surface area (Å²) in [4.78, 5) is 16.2. The van der Waals surface area contributed by atoms with Crippen LogP contribution < -0.4 is 5.43 Å². The predicted octanol–water partition coefficient (Wildman–Crippen LogP) is 1.57. The van der Waals surface area contributed by atoms with E-state index in [1.807, 2.05) is 30.3 Å². The molecule has 2 aromatic rings. The second-order valence-electron chi connectivity index (χ2n) is 4.21. The normalized spacial score (nSPS) is 13.8. The number of hydrogen-bond acceptors (Lipinski definition) is 4. The summed E-state index contributed by atoms with van der Waals surface area (Å²) in [5.74, 6) is -0.138. The zero-order chi connectivity index (χ0) is 13.2. The Morgan fingerprint density at radius 2 is 1.95 bits per heavy atom. The van der Waals surface area contributed by atoms with Crippen molar-refractivity contribution in [3.8, 4) is 0 Å². The minimum atomic E-state index is -0.232. The lowest BCUT2D eigenvalue weighted by molar-refractivity contribution is 0.0803. The molecule has 0 unspecified atom stereocenters. The van der Waals surface area contributed by atoms with Gasteiger partial charge in [0.2, 0.25) is 0 Å². The van der Waals surface area contributed by atoms with Gasteiger partial charge in [-0.2, -0.15) is 0 Å². The number of carbonyl (C=O) groups excluding carboxylic acids is 1. The van der Waals surface area contributed by atoms with Gasteiger partial charge in [-0.25, -0.2) is 10.4 Å². The summed E-state index contributed by atoms with van der Waals surface area (Å²) in [6.07, 6.45) is 1.58. The summed E-state index contributed by atoms with van der Waals surface area (Å²) in [6, 6.07) is 13.1. The van der Waals surface area contributed by atoms with Gasteiger partial charge in [0, 0.05) is 12.7 Å². The molecule has 0 bridgehead atoms. The second kappa shape index (κ2) is 4.62. The van der Waals surface area contributed by atoms with Gasteiger partial charge >= 0.3 is 0 Å². The van der Waals surface area contributed by atoms with E-state index in [0.717, 1.165) is 5.56 Å². The van der Waals surface area contributed by atoms with Gasteiger partial charge in [0.15, 0.2) is 5.84 Å². The summed E-state index contributed by atoms with van der Waals surface area (Å²) in [7, 11) is 0. The Morgan fingerprint density at radius 3 is 2.68 bits per heavy atom. The van der Waals surface area contributed by atoms with Crippen molar-refractivity contribution in [3.05, 3.63) is 65.5 Å². The summed E-state index contributed by atoms with van der Waals surface area (Å²) in [5.41, 5.74) is 4.90. The van der Waals surface area contributed by atoms with E-state index in [1.165, 1.54) is 5.01 Å². The van der Waals surface area contributed by atoms with Crippen LogP contribution in [0.2, 0.25) is 0 Å². The minimum Gasteiger partial charge on any atom is -0.281 e. The molecule has 2 N–H and O–H groups in total. The highest BCUT2D eigenvalue weighted by Crippen LogP contribution is 2.18. The van der Waals surface area contributed by atoms with Crippen LogP contribution in [-0.2, 0) is 6.54 Å². The number of rotatable bonds is 3. The lowest BCUT2D eigenvalue weighted by atomic mass is 10.2. The Labute approximate surface area is 110 Å². The van der Waals surface area contributed by atoms with Gasteiger partial charge in [-0.3, -0.25) is 15.2 Å². The maximum Gasteiger partial charge on any atom is 0.276 e. The number of amidine groups is 1. The molecule has 0 saturated heterocycles. The highest BCUT2D eigenvalue weighted by molar-refractivity contribution is 6.20. The molecule has 1 amide bonds. The van der Waals surface area contributed by atoms with Crippen LogP contribution in [0.15, 0.2) is 48.7 Å². The minimum absolute atomic E-state index is 0.0940. The van der Waals surface area contributed by atoms with Crippen LogP contribution >= 0.6 is 0 Å². The van der Waals surface area contributed by atoms with Gasteiger partial charge in [-0.05, 0) is 17.7 Å². The fourth-order valence-electron chi connectivity index (χ4n) is 2.01.